The number of amides is 1. The number of carboxylic acid groups (broad SMARTS) is 1. The molecule has 0 saturated heterocycles. The topological polar surface area (TPSA) is 60.9 Å². The second-order valence-electron chi connectivity index (χ2n) is 5.43. The van der Waals surface area contributed by atoms with Gasteiger partial charge in [-0.25, -0.2) is 0 Å². The second-order valence-corrected chi connectivity index (χ2v) is 5.43. The molecule has 1 unspecified atom stereocenters. The Hall–Kier alpha value is -1.88. The number of benzene rings is 1. The van der Waals surface area contributed by atoms with Gasteiger partial charge in [-0.2, -0.15) is 0 Å². The van der Waals surface area contributed by atoms with Gasteiger partial charge in [0.1, 0.15) is 0 Å². The lowest BCUT2D eigenvalue weighted by Crippen LogP contribution is -2.43. The molecule has 1 aliphatic rings. The van der Waals surface area contributed by atoms with Crippen LogP contribution in [0.4, 0.5) is 5.69 Å². The zero-order valence-electron chi connectivity index (χ0n) is 11.9. The van der Waals surface area contributed by atoms with Crippen molar-refractivity contribution in [1.82, 2.24) is 4.90 Å². The Bertz CT molecular complexity index is 514. The van der Waals surface area contributed by atoms with Gasteiger partial charge in [0, 0.05) is 25.2 Å². The molecule has 20 heavy (non-hydrogen) atoms. The maximum absolute atomic E-state index is 12.3. The summed E-state index contributed by atoms with van der Waals surface area (Å²) >= 11 is 0. The minimum absolute atomic E-state index is 0.0166. The molecule has 0 bridgehead atoms. The molecule has 1 heterocycles. The van der Waals surface area contributed by atoms with Gasteiger partial charge in [0.15, 0.2) is 0 Å². The average Bonchev–Trinajstić information content (AvgIpc) is 2.43. The van der Waals surface area contributed by atoms with Crippen molar-refractivity contribution in [3.8, 4) is 0 Å². The number of hydrogen-bond donors (Lipinski definition) is 1. The number of rotatable bonds is 4. The number of carbonyl (C=O) groups is 2. The monoisotopic (exact) mass is 276 g/mol. The van der Waals surface area contributed by atoms with Crippen molar-refractivity contribution >= 4 is 17.6 Å². The Kier molecular flexibility index (Phi) is 4.39. The van der Waals surface area contributed by atoms with E-state index in [1.165, 1.54) is 0 Å². The molecule has 1 N–H and O–H groups in total. The maximum atomic E-state index is 12.3. The van der Waals surface area contributed by atoms with Gasteiger partial charge in [-0.1, -0.05) is 18.2 Å². The minimum Gasteiger partial charge on any atom is -0.481 e. The molecule has 5 nitrogen and oxygen atoms in total. The van der Waals surface area contributed by atoms with E-state index in [1.54, 1.807) is 4.90 Å². The summed E-state index contributed by atoms with van der Waals surface area (Å²) in [5, 5.41) is 9.24. The van der Waals surface area contributed by atoms with Crippen molar-refractivity contribution in [3.63, 3.8) is 0 Å². The standard InChI is InChI=1S/C15H20N2O3/c1-16(2)8-7-14(18)17-10-12(15(19)20)9-11-5-3-4-6-13(11)17/h3-6,12H,7-10H2,1-2H3,(H,19,20). The van der Waals surface area contributed by atoms with Gasteiger partial charge >= 0.3 is 5.97 Å². The van der Waals surface area contributed by atoms with Crippen LogP contribution in [0.15, 0.2) is 24.3 Å². The van der Waals surface area contributed by atoms with Gasteiger partial charge in [0.25, 0.3) is 0 Å². The first kappa shape index (κ1) is 14.5. The number of hydrogen-bond acceptors (Lipinski definition) is 3. The van der Waals surface area contributed by atoms with Crippen LogP contribution in [0.2, 0.25) is 0 Å². The van der Waals surface area contributed by atoms with Gasteiger partial charge in [-0.15, -0.1) is 0 Å². The molecule has 1 amide bonds. The first-order valence-electron chi connectivity index (χ1n) is 6.75. The molecule has 2 rings (SSSR count). The summed E-state index contributed by atoms with van der Waals surface area (Å²) in [6, 6.07) is 7.55. The number of para-hydroxylation sites is 1. The molecule has 1 atom stereocenters. The van der Waals surface area contributed by atoms with E-state index in [-0.39, 0.29) is 12.5 Å². The highest BCUT2D eigenvalue weighted by molar-refractivity contribution is 5.95. The average molecular weight is 276 g/mol. The molecule has 1 aromatic carbocycles. The van der Waals surface area contributed by atoms with Crippen LogP contribution >= 0.6 is 0 Å². The summed E-state index contributed by atoms with van der Waals surface area (Å²) in [5.74, 6) is -1.38. The summed E-state index contributed by atoms with van der Waals surface area (Å²) in [6.45, 7) is 0.924. The number of carboxylic acids is 1. The summed E-state index contributed by atoms with van der Waals surface area (Å²) in [6.07, 6.45) is 0.886. The van der Waals surface area contributed by atoms with Crippen LogP contribution in [0.1, 0.15) is 12.0 Å². The van der Waals surface area contributed by atoms with E-state index >= 15 is 0 Å². The number of fused-ring (bicyclic) bond motifs is 1. The molecule has 0 aromatic heterocycles. The molecule has 0 aliphatic carbocycles. The highest BCUT2D eigenvalue weighted by Gasteiger charge is 2.31. The van der Waals surface area contributed by atoms with Crippen molar-refractivity contribution in [2.24, 2.45) is 5.92 Å². The van der Waals surface area contributed by atoms with Crippen molar-refractivity contribution in [2.45, 2.75) is 12.8 Å². The van der Waals surface area contributed by atoms with Gasteiger partial charge in [-0.3, -0.25) is 9.59 Å². The first-order valence-corrected chi connectivity index (χ1v) is 6.75. The van der Waals surface area contributed by atoms with Crippen LogP contribution in [0.5, 0.6) is 0 Å². The molecular formula is C15H20N2O3. The second kappa shape index (κ2) is 6.05. The summed E-state index contributed by atoms with van der Waals surface area (Å²) in [4.78, 5) is 27.2. The van der Waals surface area contributed by atoms with Gasteiger partial charge in [-0.05, 0) is 32.1 Å². The van der Waals surface area contributed by atoms with Gasteiger partial charge in [0.2, 0.25) is 5.91 Å². The normalized spacial score (nSPS) is 17.9. The molecule has 0 saturated carbocycles. The number of nitrogens with zero attached hydrogens (tertiary/aromatic N) is 2. The summed E-state index contributed by atoms with van der Waals surface area (Å²) in [7, 11) is 3.83. The van der Waals surface area contributed by atoms with Crippen LogP contribution in [0.25, 0.3) is 0 Å². The van der Waals surface area contributed by atoms with E-state index in [0.717, 1.165) is 11.3 Å². The smallest absolute Gasteiger partial charge is 0.308 e. The van der Waals surface area contributed by atoms with Gasteiger partial charge < -0.3 is 14.9 Å². The lowest BCUT2D eigenvalue weighted by atomic mass is 9.92. The molecular weight excluding hydrogens is 256 g/mol. The Morgan fingerprint density at radius 2 is 2.05 bits per heavy atom. The molecule has 1 aliphatic heterocycles. The molecule has 5 heteroatoms. The molecule has 0 spiro atoms. The van der Waals surface area contributed by atoms with E-state index in [1.807, 2.05) is 43.3 Å². The van der Waals surface area contributed by atoms with E-state index in [0.29, 0.717) is 19.4 Å². The van der Waals surface area contributed by atoms with Crippen molar-refractivity contribution < 1.29 is 14.7 Å². The van der Waals surface area contributed by atoms with Crippen LogP contribution in [0, 0.1) is 5.92 Å². The van der Waals surface area contributed by atoms with E-state index in [2.05, 4.69) is 0 Å². The SMILES string of the molecule is CN(C)CCC(=O)N1CC(C(=O)O)Cc2ccccc21. The Morgan fingerprint density at radius 1 is 1.35 bits per heavy atom. The predicted molar refractivity (Wildman–Crippen MR) is 76.8 cm³/mol. The van der Waals surface area contributed by atoms with Gasteiger partial charge in [0.05, 0.1) is 5.92 Å². The molecule has 0 radical (unpaired) electrons. The highest BCUT2D eigenvalue weighted by atomic mass is 16.4. The number of anilines is 1. The van der Waals surface area contributed by atoms with E-state index in [4.69, 9.17) is 0 Å². The fraction of sp³-hybridized carbons (Fsp3) is 0.467. The Labute approximate surface area is 118 Å². The third kappa shape index (κ3) is 3.17. The molecule has 108 valence electrons. The van der Waals surface area contributed by atoms with Crippen molar-refractivity contribution in [3.05, 3.63) is 29.8 Å². The maximum Gasteiger partial charge on any atom is 0.308 e. The summed E-state index contributed by atoms with van der Waals surface area (Å²) in [5.41, 5.74) is 1.79. The Balaban J connectivity index is 2.22. The number of aliphatic carboxylic acids is 1. The number of carbonyl (C=O) groups excluding carboxylic acids is 1. The van der Waals surface area contributed by atoms with Crippen LogP contribution in [0.3, 0.4) is 0 Å². The van der Waals surface area contributed by atoms with E-state index in [9.17, 15) is 14.7 Å². The molecule has 1 aromatic rings. The fourth-order valence-electron chi connectivity index (χ4n) is 2.45. The zero-order valence-corrected chi connectivity index (χ0v) is 11.9. The van der Waals surface area contributed by atoms with Crippen LogP contribution in [-0.2, 0) is 16.0 Å². The third-order valence-corrected chi connectivity index (χ3v) is 3.57. The first-order chi connectivity index (χ1) is 9.49. The quantitative estimate of drug-likeness (QED) is 0.898. The van der Waals surface area contributed by atoms with Crippen LogP contribution in [-0.4, -0.2) is 49.1 Å². The third-order valence-electron chi connectivity index (χ3n) is 3.57. The minimum atomic E-state index is -0.843. The summed E-state index contributed by atoms with van der Waals surface area (Å²) < 4.78 is 0. The zero-order chi connectivity index (χ0) is 14.7. The van der Waals surface area contributed by atoms with Crippen LogP contribution < -0.4 is 4.90 Å². The molecule has 0 fully saturated rings. The highest BCUT2D eigenvalue weighted by Crippen LogP contribution is 2.30. The van der Waals surface area contributed by atoms with E-state index < -0.39 is 11.9 Å². The lowest BCUT2D eigenvalue weighted by Gasteiger charge is -2.33. The van der Waals surface area contributed by atoms with Crippen molar-refractivity contribution in [1.29, 1.82) is 0 Å². The Morgan fingerprint density at radius 3 is 2.70 bits per heavy atom. The van der Waals surface area contributed by atoms with Crippen molar-refractivity contribution in [2.75, 3.05) is 32.1 Å². The predicted octanol–water partition coefficient (Wildman–Crippen LogP) is 1.23. The largest absolute Gasteiger partial charge is 0.481 e. The fourth-order valence-corrected chi connectivity index (χ4v) is 2.45. The lowest BCUT2D eigenvalue weighted by molar-refractivity contribution is -0.141.